The molecule has 1 aliphatic carbocycles. The molecule has 0 amide bonds. The van der Waals surface area contributed by atoms with Gasteiger partial charge in [0.15, 0.2) is 0 Å². The maximum Gasteiger partial charge on any atom is 0.124 e. The van der Waals surface area contributed by atoms with Gasteiger partial charge in [0.1, 0.15) is 11.9 Å². The number of benzene rings is 1. The van der Waals surface area contributed by atoms with Gasteiger partial charge in [0.25, 0.3) is 0 Å². The van der Waals surface area contributed by atoms with Gasteiger partial charge in [-0.2, -0.15) is 17.0 Å². The Hall–Kier alpha value is -1.21. The summed E-state index contributed by atoms with van der Waals surface area (Å²) in [6, 6.07) is 6.80. The van der Waals surface area contributed by atoms with E-state index in [1.165, 1.54) is 25.0 Å². The Morgan fingerprint density at radius 3 is 3.06 bits per heavy atom. The number of nitriles is 1. The summed E-state index contributed by atoms with van der Waals surface area (Å²) in [7, 11) is 0. The van der Waals surface area contributed by atoms with Crippen LogP contribution in [0.2, 0.25) is 0 Å². The van der Waals surface area contributed by atoms with Gasteiger partial charge in [-0.3, -0.25) is 0 Å². The average molecular weight is 264 g/mol. The van der Waals surface area contributed by atoms with Crippen molar-refractivity contribution in [1.82, 2.24) is 0 Å². The third-order valence-electron chi connectivity index (χ3n) is 3.28. The van der Waals surface area contributed by atoms with Gasteiger partial charge in [0.2, 0.25) is 0 Å². The van der Waals surface area contributed by atoms with Crippen LogP contribution in [0, 0.1) is 17.1 Å². The fourth-order valence-electron chi connectivity index (χ4n) is 2.44. The van der Waals surface area contributed by atoms with Crippen molar-refractivity contribution in [2.75, 3.05) is 11.1 Å². The van der Waals surface area contributed by atoms with Crippen molar-refractivity contribution < 1.29 is 4.39 Å². The van der Waals surface area contributed by atoms with Gasteiger partial charge in [-0.05, 0) is 36.8 Å². The summed E-state index contributed by atoms with van der Waals surface area (Å²) >= 11 is 1.96. The number of rotatable bonds is 4. The number of nitrogens with zero attached hydrogens (tertiary/aromatic N) is 1. The number of hydrogen-bond donors (Lipinski definition) is 1. The highest BCUT2D eigenvalue weighted by atomic mass is 32.2. The normalized spacial score (nSPS) is 22.7. The average Bonchev–Trinajstić information content (AvgIpc) is 2.79. The van der Waals surface area contributed by atoms with Gasteiger partial charge in [-0.15, -0.1) is 0 Å². The lowest BCUT2D eigenvalue weighted by Gasteiger charge is -2.21. The third kappa shape index (κ3) is 2.97. The Morgan fingerprint density at radius 1 is 1.50 bits per heavy atom. The van der Waals surface area contributed by atoms with Crippen molar-refractivity contribution in [3.63, 3.8) is 0 Å². The molecular formula is C14H17FN2S. The van der Waals surface area contributed by atoms with E-state index in [4.69, 9.17) is 5.26 Å². The zero-order valence-electron chi connectivity index (χ0n) is 10.4. The molecule has 1 aromatic rings. The van der Waals surface area contributed by atoms with Gasteiger partial charge in [-0.25, -0.2) is 4.39 Å². The minimum Gasteiger partial charge on any atom is -0.380 e. The predicted molar refractivity (Wildman–Crippen MR) is 74.3 cm³/mol. The van der Waals surface area contributed by atoms with Crippen LogP contribution in [0.3, 0.4) is 0 Å². The molecule has 0 bridgehead atoms. The first kappa shape index (κ1) is 13.2. The van der Waals surface area contributed by atoms with E-state index in [1.54, 1.807) is 6.07 Å². The van der Waals surface area contributed by atoms with E-state index in [-0.39, 0.29) is 5.82 Å². The molecule has 96 valence electrons. The van der Waals surface area contributed by atoms with Gasteiger partial charge >= 0.3 is 0 Å². The molecule has 1 aromatic carbocycles. The Morgan fingerprint density at radius 2 is 2.33 bits per heavy atom. The molecular weight excluding hydrogens is 247 g/mol. The summed E-state index contributed by atoms with van der Waals surface area (Å²) in [5.41, 5.74) is 1.15. The van der Waals surface area contributed by atoms with E-state index >= 15 is 0 Å². The highest BCUT2D eigenvalue weighted by Gasteiger charge is 2.27. The van der Waals surface area contributed by atoms with Crippen molar-refractivity contribution in [3.8, 4) is 6.07 Å². The SMILES string of the molecule is CCSC1CCCC1Nc1ccc(F)cc1C#N. The van der Waals surface area contributed by atoms with E-state index in [2.05, 4.69) is 12.2 Å². The molecule has 0 spiro atoms. The fraction of sp³-hybridized carbons (Fsp3) is 0.500. The zero-order valence-corrected chi connectivity index (χ0v) is 11.3. The van der Waals surface area contributed by atoms with E-state index in [9.17, 15) is 4.39 Å². The van der Waals surface area contributed by atoms with Crippen LogP contribution < -0.4 is 5.32 Å². The van der Waals surface area contributed by atoms with Crippen LogP contribution in [0.4, 0.5) is 10.1 Å². The van der Waals surface area contributed by atoms with E-state index in [1.807, 2.05) is 17.8 Å². The van der Waals surface area contributed by atoms with Crippen molar-refractivity contribution in [2.24, 2.45) is 0 Å². The molecule has 0 aliphatic heterocycles. The first-order valence-corrected chi connectivity index (χ1v) is 7.37. The summed E-state index contributed by atoms with van der Waals surface area (Å²) < 4.78 is 13.1. The summed E-state index contributed by atoms with van der Waals surface area (Å²) in [5, 5.41) is 13.0. The smallest absolute Gasteiger partial charge is 0.124 e. The van der Waals surface area contributed by atoms with Crippen molar-refractivity contribution in [3.05, 3.63) is 29.6 Å². The summed E-state index contributed by atoms with van der Waals surface area (Å²) in [6.07, 6.45) is 3.57. The van der Waals surface area contributed by atoms with Crippen LogP contribution in [0.25, 0.3) is 0 Å². The molecule has 18 heavy (non-hydrogen) atoms. The molecule has 0 saturated heterocycles. The lowest BCUT2D eigenvalue weighted by atomic mass is 10.1. The first-order valence-electron chi connectivity index (χ1n) is 6.32. The van der Waals surface area contributed by atoms with Gasteiger partial charge < -0.3 is 5.32 Å². The summed E-state index contributed by atoms with van der Waals surface area (Å²) in [6.45, 7) is 2.17. The molecule has 0 aromatic heterocycles. The highest BCUT2D eigenvalue weighted by Crippen LogP contribution is 2.32. The maximum atomic E-state index is 13.1. The molecule has 2 unspecified atom stereocenters. The van der Waals surface area contributed by atoms with E-state index in [0.717, 1.165) is 17.9 Å². The Labute approximate surface area is 112 Å². The predicted octanol–water partition coefficient (Wildman–Crippen LogP) is 3.78. The first-order chi connectivity index (χ1) is 8.74. The molecule has 1 fully saturated rings. The molecule has 2 atom stereocenters. The Balaban J connectivity index is 2.11. The topological polar surface area (TPSA) is 35.8 Å². The second-order valence-electron chi connectivity index (χ2n) is 4.48. The van der Waals surface area contributed by atoms with E-state index < -0.39 is 0 Å². The number of nitrogens with one attached hydrogen (secondary N) is 1. The van der Waals surface area contributed by atoms with Crippen LogP contribution in [0.5, 0.6) is 0 Å². The second-order valence-corrected chi connectivity index (χ2v) is 5.99. The second kappa shape index (κ2) is 6.10. The highest BCUT2D eigenvalue weighted by molar-refractivity contribution is 7.99. The molecule has 2 nitrogen and oxygen atoms in total. The molecule has 0 radical (unpaired) electrons. The Kier molecular flexibility index (Phi) is 4.48. The van der Waals surface area contributed by atoms with Crippen molar-refractivity contribution >= 4 is 17.4 Å². The Bertz CT molecular complexity index is 456. The quantitative estimate of drug-likeness (QED) is 0.899. The van der Waals surface area contributed by atoms with Gasteiger partial charge in [-0.1, -0.05) is 13.3 Å². The van der Waals surface area contributed by atoms with Crippen LogP contribution in [-0.4, -0.2) is 17.0 Å². The lowest BCUT2D eigenvalue weighted by Crippen LogP contribution is -2.26. The minimum atomic E-state index is -0.358. The minimum absolute atomic E-state index is 0.358. The van der Waals surface area contributed by atoms with E-state index in [0.29, 0.717) is 16.9 Å². The summed E-state index contributed by atoms with van der Waals surface area (Å²) in [4.78, 5) is 0. The van der Waals surface area contributed by atoms with Crippen LogP contribution >= 0.6 is 11.8 Å². The summed E-state index contributed by atoms with van der Waals surface area (Å²) in [5.74, 6) is 0.750. The molecule has 0 heterocycles. The van der Waals surface area contributed by atoms with Crippen LogP contribution in [0.1, 0.15) is 31.7 Å². The lowest BCUT2D eigenvalue weighted by molar-refractivity contribution is 0.627. The van der Waals surface area contributed by atoms with Crippen LogP contribution in [0.15, 0.2) is 18.2 Å². The molecule has 4 heteroatoms. The molecule has 2 rings (SSSR count). The molecule has 1 saturated carbocycles. The van der Waals surface area contributed by atoms with Gasteiger partial charge in [0.05, 0.1) is 11.3 Å². The molecule has 1 aliphatic rings. The third-order valence-corrected chi connectivity index (χ3v) is 4.60. The number of anilines is 1. The maximum absolute atomic E-state index is 13.1. The largest absolute Gasteiger partial charge is 0.380 e. The van der Waals surface area contributed by atoms with Crippen molar-refractivity contribution in [1.29, 1.82) is 5.26 Å². The monoisotopic (exact) mass is 264 g/mol. The van der Waals surface area contributed by atoms with Crippen LogP contribution in [-0.2, 0) is 0 Å². The standard InChI is InChI=1S/C14H17FN2S/c1-2-18-14-5-3-4-13(14)17-12-7-6-11(15)8-10(12)9-16/h6-8,13-14,17H,2-5H2,1H3. The number of thioether (sulfide) groups is 1. The van der Waals surface area contributed by atoms with Gasteiger partial charge in [0, 0.05) is 11.3 Å². The fourth-order valence-corrected chi connectivity index (χ4v) is 3.64. The number of halogens is 1. The number of hydrogen-bond acceptors (Lipinski definition) is 3. The van der Waals surface area contributed by atoms with Crippen molar-refractivity contribution in [2.45, 2.75) is 37.5 Å². The molecule has 1 N–H and O–H groups in total. The zero-order chi connectivity index (χ0) is 13.0.